The van der Waals surface area contributed by atoms with Crippen LogP contribution in [0.5, 0.6) is 0 Å². The molecule has 0 aliphatic carbocycles. The molecule has 0 saturated carbocycles. The van der Waals surface area contributed by atoms with Crippen molar-refractivity contribution in [2.45, 2.75) is 26.8 Å². The number of aromatic nitrogens is 1. The van der Waals surface area contributed by atoms with E-state index in [0.29, 0.717) is 10.8 Å². The van der Waals surface area contributed by atoms with Crippen molar-refractivity contribution in [2.75, 3.05) is 5.32 Å². The second-order valence-corrected chi connectivity index (χ2v) is 4.45. The quantitative estimate of drug-likeness (QED) is 0.795. The van der Waals surface area contributed by atoms with Gasteiger partial charge in [-0.05, 0) is 24.5 Å². The predicted molar refractivity (Wildman–Crippen MR) is 65.4 cm³/mol. The van der Waals surface area contributed by atoms with Gasteiger partial charge in [0.05, 0.1) is 17.9 Å². The molecule has 0 aromatic carbocycles. The molecule has 0 saturated heterocycles. The van der Waals surface area contributed by atoms with Crippen molar-refractivity contribution in [3.63, 3.8) is 0 Å². The lowest BCUT2D eigenvalue weighted by atomic mass is 10.1. The molecule has 4 nitrogen and oxygen atoms in total. The molecular weight excluding hydrogens is 226 g/mol. The zero-order valence-electron chi connectivity index (χ0n) is 9.62. The van der Waals surface area contributed by atoms with E-state index >= 15 is 0 Å². The van der Waals surface area contributed by atoms with Gasteiger partial charge < -0.3 is 11.1 Å². The molecule has 1 aromatic rings. The lowest BCUT2D eigenvalue weighted by Gasteiger charge is -2.15. The fraction of sp³-hybridized carbons (Fsp3) is 0.455. The van der Waals surface area contributed by atoms with E-state index in [0.717, 1.165) is 5.56 Å². The number of amides is 1. The van der Waals surface area contributed by atoms with E-state index in [4.69, 9.17) is 17.3 Å². The number of halogens is 1. The van der Waals surface area contributed by atoms with Gasteiger partial charge in [0.25, 0.3) is 0 Å². The summed E-state index contributed by atoms with van der Waals surface area (Å²) in [5, 5.41) is 3.14. The number of rotatable bonds is 3. The monoisotopic (exact) mass is 241 g/mol. The number of carbonyl (C=O) groups is 1. The summed E-state index contributed by atoms with van der Waals surface area (Å²) < 4.78 is 0. The summed E-state index contributed by atoms with van der Waals surface area (Å²) in [4.78, 5) is 15.6. The van der Waals surface area contributed by atoms with Crippen LogP contribution in [-0.2, 0) is 4.79 Å². The number of hydrogen-bond donors (Lipinski definition) is 2. The van der Waals surface area contributed by atoms with Crippen LogP contribution >= 0.6 is 11.6 Å². The Morgan fingerprint density at radius 3 is 2.69 bits per heavy atom. The Bertz CT molecular complexity index is 393. The molecule has 1 unspecified atom stereocenters. The summed E-state index contributed by atoms with van der Waals surface area (Å²) in [6.45, 7) is 5.62. The molecule has 88 valence electrons. The Morgan fingerprint density at radius 2 is 2.19 bits per heavy atom. The first-order chi connectivity index (χ1) is 7.41. The van der Waals surface area contributed by atoms with Gasteiger partial charge in [0.1, 0.15) is 5.15 Å². The van der Waals surface area contributed by atoms with Crippen molar-refractivity contribution >= 4 is 23.2 Å². The Morgan fingerprint density at radius 1 is 1.56 bits per heavy atom. The highest BCUT2D eigenvalue weighted by molar-refractivity contribution is 6.30. The maximum atomic E-state index is 11.7. The fourth-order valence-corrected chi connectivity index (χ4v) is 1.26. The van der Waals surface area contributed by atoms with Crippen LogP contribution < -0.4 is 11.1 Å². The summed E-state index contributed by atoms with van der Waals surface area (Å²) >= 11 is 5.78. The molecule has 5 heteroatoms. The Kier molecular flexibility index (Phi) is 4.26. The number of hydrogen-bond acceptors (Lipinski definition) is 3. The summed E-state index contributed by atoms with van der Waals surface area (Å²) in [5.41, 5.74) is 7.15. The van der Waals surface area contributed by atoms with Gasteiger partial charge >= 0.3 is 0 Å². The van der Waals surface area contributed by atoms with Gasteiger partial charge in [0.15, 0.2) is 0 Å². The minimum atomic E-state index is -0.518. The topological polar surface area (TPSA) is 68.0 Å². The van der Waals surface area contributed by atoms with Crippen LogP contribution in [0.4, 0.5) is 5.69 Å². The SMILES string of the molecule is Cc1cc(NC(=O)C(N)C(C)C)cnc1Cl. The number of anilines is 1. The average molecular weight is 242 g/mol. The molecule has 0 spiro atoms. The number of nitrogens with two attached hydrogens (primary N) is 1. The van der Waals surface area contributed by atoms with Crippen LogP contribution in [0.15, 0.2) is 12.3 Å². The first kappa shape index (κ1) is 12.9. The first-order valence-corrected chi connectivity index (χ1v) is 5.48. The van der Waals surface area contributed by atoms with E-state index in [-0.39, 0.29) is 11.8 Å². The van der Waals surface area contributed by atoms with Crippen molar-refractivity contribution in [1.29, 1.82) is 0 Å². The summed E-state index contributed by atoms with van der Waals surface area (Å²) in [6, 6.07) is 1.25. The number of nitrogens with zero attached hydrogens (tertiary/aromatic N) is 1. The van der Waals surface area contributed by atoms with Gasteiger partial charge in [-0.3, -0.25) is 4.79 Å². The maximum absolute atomic E-state index is 11.7. The highest BCUT2D eigenvalue weighted by Gasteiger charge is 2.17. The molecule has 3 N–H and O–H groups in total. The highest BCUT2D eigenvalue weighted by atomic mass is 35.5. The molecule has 0 bridgehead atoms. The largest absolute Gasteiger partial charge is 0.323 e. The van der Waals surface area contributed by atoms with Crippen LogP contribution in [-0.4, -0.2) is 16.9 Å². The zero-order valence-corrected chi connectivity index (χ0v) is 10.4. The standard InChI is InChI=1S/C11H16ClN3O/c1-6(2)9(13)11(16)15-8-4-7(3)10(12)14-5-8/h4-6,9H,13H2,1-3H3,(H,15,16). The van der Waals surface area contributed by atoms with Crippen LogP contribution in [0.3, 0.4) is 0 Å². The fourth-order valence-electron chi connectivity index (χ4n) is 1.15. The second kappa shape index (κ2) is 5.27. The third kappa shape index (κ3) is 3.18. The molecule has 1 atom stereocenters. The number of nitrogens with one attached hydrogen (secondary N) is 1. The van der Waals surface area contributed by atoms with Crippen molar-refractivity contribution < 1.29 is 4.79 Å². The third-order valence-electron chi connectivity index (χ3n) is 2.30. The predicted octanol–water partition coefficient (Wildman–Crippen LogP) is 1.97. The second-order valence-electron chi connectivity index (χ2n) is 4.09. The zero-order chi connectivity index (χ0) is 12.3. The summed E-state index contributed by atoms with van der Waals surface area (Å²) in [5.74, 6) is -0.111. The van der Waals surface area contributed by atoms with Crippen molar-refractivity contribution in [2.24, 2.45) is 11.7 Å². The molecule has 1 amide bonds. The van der Waals surface area contributed by atoms with E-state index in [9.17, 15) is 4.79 Å². The van der Waals surface area contributed by atoms with Gasteiger partial charge in [-0.15, -0.1) is 0 Å². The van der Waals surface area contributed by atoms with E-state index in [1.807, 2.05) is 20.8 Å². The Hall–Kier alpha value is -1.13. The minimum absolute atomic E-state index is 0.0985. The van der Waals surface area contributed by atoms with Crippen molar-refractivity contribution in [3.05, 3.63) is 23.0 Å². The van der Waals surface area contributed by atoms with E-state index in [1.165, 1.54) is 6.20 Å². The molecule has 1 rings (SSSR count). The number of pyridine rings is 1. The molecular formula is C11H16ClN3O. The summed E-state index contributed by atoms with van der Waals surface area (Å²) in [6.07, 6.45) is 1.51. The Labute approximate surface area is 100 Å². The van der Waals surface area contributed by atoms with Crippen LogP contribution in [0.1, 0.15) is 19.4 Å². The van der Waals surface area contributed by atoms with Crippen LogP contribution in [0, 0.1) is 12.8 Å². The maximum Gasteiger partial charge on any atom is 0.241 e. The van der Waals surface area contributed by atoms with E-state index in [2.05, 4.69) is 10.3 Å². The molecule has 0 aliphatic heterocycles. The molecule has 0 radical (unpaired) electrons. The first-order valence-electron chi connectivity index (χ1n) is 5.10. The normalized spacial score (nSPS) is 12.6. The molecule has 0 fully saturated rings. The van der Waals surface area contributed by atoms with Gasteiger partial charge in [-0.1, -0.05) is 25.4 Å². The molecule has 1 heterocycles. The van der Waals surface area contributed by atoms with Crippen molar-refractivity contribution in [3.8, 4) is 0 Å². The van der Waals surface area contributed by atoms with Gasteiger partial charge in [-0.2, -0.15) is 0 Å². The smallest absolute Gasteiger partial charge is 0.241 e. The van der Waals surface area contributed by atoms with Gasteiger partial charge in [-0.25, -0.2) is 4.98 Å². The van der Waals surface area contributed by atoms with E-state index in [1.54, 1.807) is 6.07 Å². The van der Waals surface area contributed by atoms with Crippen LogP contribution in [0.25, 0.3) is 0 Å². The average Bonchev–Trinajstić information content (AvgIpc) is 2.22. The highest BCUT2D eigenvalue weighted by Crippen LogP contribution is 2.16. The lowest BCUT2D eigenvalue weighted by molar-refractivity contribution is -0.118. The molecule has 16 heavy (non-hydrogen) atoms. The lowest BCUT2D eigenvalue weighted by Crippen LogP contribution is -2.39. The Balaban J connectivity index is 2.74. The number of aryl methyl sites for hydroxylation is 1. The minimum Gasteiger partial charge on any atom is -0.323 e. The molecule has 0 aliphatic rings. The summed E-state index contributed by atoms with van der Waals surface area (Å²) in [7, 11) is 0. The van der Waals surface area contributed by atoms with Crippen LogP contribution in [0.2, 0.25) is 5.15 Å². The van der Waals surface area contributed by atoms with Gasteiger partial charge in [0, 0.05) is 0 Å². The van der Waals surface area contributed by atoms with Crippen molar-refractivity contribution in [1.82, 2.24) is 4.98 Å². The van der Waals surface area contributed by atoms with E-state index < -0.39 is 6.04 Å². The number of carbonyl (C=O) groups excluding carboxylic acids is 1. The third-order valence-corrected chi connectivity index (χ3v) is 2.70. The van der Waals surface area contributed by atoms with Gasteiger partial charge in [0.2, 0.25) is 5.91 Å². The molecule has 1 aromatic heterocycles.